The van der Waals surface area contributed by atoms with Gasteiger partial charge in [0.15, 0.2) is 0 Å². The lowest BCUT2D eigenvalue weighted by molar-refractivity contribution is -0.214. The van der Waals surface area contributed by atoms with Crippen molar-refractivity contribution in [3.8, 4) is 0 Å². The Kier molecular flexibility index (Phi) is 2.56. The van der Waals surface area contributed by atoms with Gasteiger partial charge in [-0.05, 0) is 12.8 Å². The van der Waals surface area contributed by atoms with Crippen LogP contribution >= 0.6 is 0 Å². The van der Waals surface area contributed by atoms with Crippen molar-refractivity contribution in [1.29, 1.82) is 0 Å². The Morgan fingerprint density at radius 3 is 2.12 bits per heavy atom. The van der Waals surface area contributed by atoms with E-state index in [1.165, 1.54) is 6.07 Å². The number of alkyl halides is 3. The van der Waals surface area contributed by atoms with Crippen LogP contribution in [0.2, 0.25) is 0 Å². The van der Waals surface area contributed by atoms with Gasteiger partial charge in [0.2, 0.25) is 0 Å². The molecular formula is C12H16F3NO. The number of hydrogen-bond acceptors (Lipinski definition) is 2. The van der Waals surface area contributed by atoms with Crippen molar-refractivity contribution in [2.45, 2.75) is 57.0 Å². The van der Waals surface area contributed by atoms with Crippen molar-refractivity contribution in [1.82, 2.24) is 5.16 Å². The van der Waals surface area contributed by atoms with Crippen molar-refractivity contribution in [2.24, 2.45) is 0 Å². The topological polar surface area (TPSA) is 26.0 Å². The molecule has 1 heterocycles. The fraction of sp³-hybridized carbons (Fsp3) is 0.750. The Labute approximate surface area is 98.2 Å². The van der Waals surface area contributed by atoms with Gasteiger partial charge in [-0.25, -0.2) is 0 Å². The average Bonchev–Trinajstić information content (AvgIpc) is 2.46. The second kappa shape index (κ2) is 3.50. The van der Waals surface area contributed by atoms with Crippen LogP contribution in [0.3, 0.4) is 0 Å². The molecule has 2 nitrogen and oxygen atoms in total. The van der Waals surface area contributed by atoms with Gasteiger partial charge in [0.05, 0.1) is 5.69 Å². The third-order valence-corrected chi connectivity index (χ3v) is 3.49. The molecule has 0 N–H and O–H groups in total. The van der Waals surface area contributed by atoms with Gasteiger partial charge in [0, 0.05) is 11.5 Å². The highest BCUT2D eigenvalue weighted by atomic mass is 19.4. The summed E-state index contributed by atoms with van der Waals surface area (Å²) in [6.07, 6.45) is -3.41. The molecule has 1 fully saturated rings. The summed E-state index contributed by atoms with van der Waals surface area (Å²) in [6, 6.07) is 1.46. The molecule has 96 valence electrons. The standard InChI is InChI=1S/C12H16F3NO/c1-10(2,3)9-7-8(16-17-9)11(5-4-6-11)12(13,14)15/h7H,4-6H2,1-3H3. The lowest BCUT2D eigenvalue weighted by Crippen LogP contribution is -2.48. The second-order valence-corrected chi connectivity index (χ2v) is 5.76. The molecule has 0 radical (unpaired) electrons. The highest BCUT2D eigenvalue weighted by Gasteiger charge is 2.61. The Morgan fingerprint density at radius 1 is 1.24 bits per heavy atom. The summed E-state index contributed by atoms with van der Waals surface area (Å²) in [6.45, 7) is 5.66. The molecule has 0 aliphatic heterocycles. The third-order valence-electron chi connectivity index (χ3n) is 3.49. The van der Waals surface area contributed by atoms with Crippen LogP contribution in [0.15, 0.2) is 10.6 Å². The normalized spacial score (nSPS) is 20.1. The highest BCUT2D eigenvalue weighted by molar-refractivity contribution is 5.26. The maximum absolute atomic E-state index is 13.1. The summed E-state index contributed by atoms with van der Waals surface area (Å²) in [5, 5.41) is 3.65. The molecule has 1 saturated carbocycles. The summed E-state index contributed by atoms with van der Waals surface area (Å²) >= 11 is 0. The van der Waals surface area contributed by atoms with Crippen LogP contribution in [0.4, 0.5) is 13.2 Å². The third kappa shape index (κ3) is 1.85. The van der Waals surface area contributed by atoms with E-state index in [0.717, 1.165) is 0 Å². The number of rotatable bonds is 1. The summed E-state index contributed by atoms with van der Waals surface area (Å²) in [5.74, 6) is 0.503. The molecule has 1 aliphatic carbocycles. The van der Waals surface area contributed by atoms with E-state index in [2.05, 4.69) is 5.16 Å². The van der Waals surface area contributed by atoms with Crippen LogP contribution in [0.1, 0.15) is 51.5 Å². The Bertz CT molecular complexity index is 410. The van der Waals surface area contributed by atoms with E-state index in [0.29, 0.717) is 12.2 Å². The minimum Gasteiger partial charge on any atom is -0.361 e. The van der Waals surface area contributed by atoms with Crippen LogP contribution < -0.4 is 0 Å². The predicted molar refractivity (Wildman–Crippen MR) is 56.8 cm³/mol. The van der Waals surface area contributed by atoms with Gasteiger partial charge in [-0.3, -0.25) is 0 Å². The van der Waals surface area contributed by atoms with Gasteiger partial charge >= 0.3 is 6.18 Å². The molecule has 1 aromatic heterocycles. The van der Waals surface area contributed by atoms with Gasteiger partial charge < -0.3 is 4.52 Å². The molecule has 1 aromatic rings. The minimum absolute atomic E-state index is 0.0428. The molecule has 0 unspecified atom stereocenters. The molecule has 17 heavy (non-hydrogen) atoms. The van der Waals surface area contributed by atoms with Gasteiger partial charge in [0.1, 0.15) is 11.2 Å². The molecule has 1 aliphatic rings. The molecule has 0 spiro atoms. The van der Waals surface area contributed by atoms with Gasteiger partial charge in [-0.15, -0.1) is 0 Å². The highest BCUT2D eigenvalue weighted by Crippen LogP contribution is 2.54. The molecule has 5 heteroatoms. The first kappa shape index (κ1) is 12.5. The van der Waals surface area contributed by atoms with E-state index in [-0.39, 0.29) is 24.0 Å². The fourth-order valence-electron chi connectivity index (χ4n) is 2.07. The van der Waals surface area contributed by atoms with Crippen LogP contribution in [0.5, 0.6) is 0 Å². The number of hydrogen-bond donors (Lipinski definition) is 0. The smallest absolute Gasteiger partial charge is 0.361 e. The van der Waals surface area contributed by atoms with E-state index in [4.69, 9.17) is 4.52 Å². The Balaban J connectivity index is 2.37. The zero-order chi connectivity index (χ0) is 12.9. The second-order valence-electron chi connectivity index (χ2n) is 5.76. The van der Waals surface area contributed by atoms with E-state index in [1.807, 2.05) is 20.8 Å². The van der Waals surface area contributed by atoms with Crippen LogP contribution in [0.25, 0.3) is 0 Å². The number of nitrogens with zero attached hydrogens (tertiary/aromatic N) is 1. The molecular weight excluding hydrogens is 231 g/mol. The van der Waals surface area contributed by atoms with Gasteiger partial charge in [-0.2, -0.15) is 13.2 Å². The average molecular weight is 247 g/mol. The summed E-state index contributed by atoms with van der Waals surface area (Å²) in [7, 11) is 0. The van der Waals surface area contributed by atoms with Crippen LogP contribution in [-0.2, 0) is 10.8 Å². The Morgan fingerprint density at radius 2 is 1.82 bits per heavy atom. The lowest BCUT2D eigenvalue weighted by Gasteiger charge is -2.41. The largest absolute Gasteiger partial charge is 0.400 e. The van der Waals surface area contributed by atoms with Gasteiger partial charge in [0.25, 0.3) is 0 Å². The fourth-order valence-corrected chi connectivity index (χ4v) is 2.07. The SMILES string of the molecule is CC(C)(C)c1cc(C2(C(F)(F)F)CCC2)no1. The van der Waals surface area contributed by atoms with Crippen LogP contribution in [0, 0.1) is 0 Å². The lowest BCUT2D eigenvalue weighted by atomic mass is 9.66. The number of aromatic nitrogens is 1. The van der Waals surface area contributed by atoms with E-state index < -0.39 is 11.6 Å². The van der Waals surface area contributed by atoms with E-state index in [1.54, 1.807) is 0 Å². The maximum atomic E-state index is 13.1. The summed E-state index contributed by atoms with van der Waals surface area (Å²) < 4.78 is 44.3. The predicted octanol–water partition coefficient (Wildman–Crippen LogP) is 3.96. The zero-order valence-electron chi connectivity index (χ0n) is 10.2. The van der Waals surface area contributed by atoms with Crippen LogP contribution in [-0.4, -0.2) is 11.3 Å². The van der Waals surface area contributed by atoms with E-state index in [9.17, 15) is 13.2 Å². The van der Waals surface area contributed by atoms with Gasteiger partial charge in [-0.1, -0.05) is 32.3 Å². The molecule has 0 saturated heterocycles. The first-order valence-electron chi connectivity index (χ1n) is 5.71. The quantitative estimate of drug-likeness (QED) is 0.750. The first-order valence-corrected chi connectivity index (χ1v) is 5.71. The molecule has 2 rings (SSSR count). The Hall–Kier alpha value is -1.00. The van der Waals surface area contributed by atoms with Crippen molar-refractivity contribution in [3.63, 3.8) is 0 Å². The van der Waals surface area contributed by atoms with Crippen molar-refractivity contribution in [3.05, 3.63) is 17.5 Å². The zero-order valence-corrected chi connectivity index (χ0v) is 10.2. The van der Waals surface area contributed by atoms with E-state index >= 15 is 0 Å². The van der Waals surface area contributed by atoms with Crippen molar-refractivity contribution >= 4 is 0 Å². The first-order chi connectivity index (χ1) is 7.67. The summed E-state index contributed by atoms with van der Waals surface area (Å²) in [4.78, 5) is 0. The molecule has 0 atom stereocenters. The molecule has 0 bridgehead atoms. The summed E-state index contributed by atoms with van der Waals surface area (Å²) in [5.41, 5.74) is -2.04. The maximum Gasteiger partial charge on any atom is 0.400 e. The minimum atomic E-state index is -4.24. The van der Waals surface area contributed by atoms with Crippen molar-refractivity contribution < 1.29 is 17.7 Å². The molecule has 0 amide bonds. The molecule has 0 aromatic carbocycles. The number of halogens is 3. The monoisotopic (exact) mass is 247 g/mol. The van der Waals surface area contributed by atoms with Crippen molar-refractivity contribution in [2.75, 3.05) is 0 Å².